The summed E-state index contributed by atoms with van der Waals surface area (Å²) in [5, 5.41) is 0. The fraction of sp³-hybridized carbons (Fsp3) is 0.333. The molecule has 47 valence electrons. The van der Waals surface area contributed by atoms with Crippen LogP contribution in [0.15, 0.2) is 9.59 Å². The molecule has 1 aromatic carbocycles. The SMILES string of the molecule is CCOc1[c]c(=O)c1=O. The average molecular weight is 125 g/mol. The molecule has 0 aliphatic heterocycles. The lowest BCUT2D eigenvalue weighted by Crippen LogP contribution is -2.31. The van der Waals surface area contributed by atoms with E-state index in [0.717, 1.165) is 0 Å². The Bertz CT molecular complexity index is 267. The van der Waals surface area contributed by atoms with Crippen LogP contribution in [-0.4, -0.2) is 6.61 Å². The maximum Gasteiger partial charge on any atom is 0.268 e. The Morgan fingerprint density at radius 1 is 1.56 bits per heavy atom. The monoisotopic (exact) mass is 125 g/mol. The molecule has 1 rings (SSSR count). The number of rotatable bonds is 2. The lowest BCUT2D eigenvalue weighted by molar-refractivity contribution is 0.332. The molecule has 0 saturated carbocycles. The molecule has 3 heteroatoms. The third-order valence-electron chi connectivity index (χ3n) is 0.928. The highest BCUT2D eigenvalue weighted by atomic mass is 16.5. The Morgan fingerprint density at radius 2 is 2.22 bits per heavy atom. The third kappa shape index (κ3) is 0.850. The van der Waals surface area contributed by atoms with Crippen molar-refractivity contribution >= 4 is 0 Å². The second kappa shape index (κ2) is 2.01. The maximum atomic E-state index is 10.4. The van der Waals surface area contributed by atoms with Crippen LogP contribution in [0.4, 0.5) is 0 Å². The Balaban J connectivity index is 2.80. The molecule has 0 aliphatic rings. The lowest BCUT2D eigenvalue weighted by Gasteiger charge is -1.99. The van der Waals surface area contributed by atoms with Gasteiger partial charge in [-0.3, -0.25) is 9.59 Å². The van der Waals surface area contributed by atoms with Crippen molar-refractivity contribution in [3.63, 3.8) is 0 Å². The standard InChI is InChI=1S/C6H5O3/c1-2-9-5-3-4(7)6(5)8/h2H2,1H3. The zero-order valence-corrected chi connectivity index (χ0v) is 4.93. The summed E-state index contributed by atoms with van der Waals surface area (Å²) in [7, 11) is 0. The van der Waals surface area contributed by atoms with Crippen LogP contribution >= 0.6 is 0 Å². The molecule has 0 bridgehead atoms. The Hall–Kier alpha value is -1.12. The summed E-state index contributed by atoms with van der Waals surface area (Å²) in [6, 6.07) is 2.20. The smallest absolute Gasteiger partial charge is 0.268 e. The Labute approximate surface area is 51.6 Å². The minimum absolute atomic E-state index is 0.0718. The molecule has 0 atom stereocenters. The molecule has 0 heterocycles. The second-order valence-electron chi connectivity index (χ2n) is 1.55. The van der Waals surface area contributed by atoms with E-state index in [0.29, 0.717) is 6.61 Å². The van der Waals surface area contributed by atoms with E-state index in [-0.39, 0.29) is 5.75 Å². The zero-order valence-electron chi connectivity index (χ0n) is 4.93. The van der Waals surface area contributed by atoms with Gasteiger partial charge in [-0.15, -0.1) is 0 Å². The van der Waals surface area contributed by atoms with Crippen LogP contribution in [0, 0.1) is 6.07 Å². The van der Waals surface area contributed by atoms with Gasteiger partial charge in [-0.1, -0.05) is 0 Å². The largest absolute Gasteiger partial charge is 0.489 e. The summed E-state index contributed by atoms with van der Waals surface area (Å²) in [6.07, 6.45) is 0. The van der Waals surface area contributed by atoms with Crippen molar-refractivity contribution in [3.8, 4) is 5.75 Å². The highest BCUT2D eigenvalue weighted by Gasteiger charge is 2.09. The van der Waals surface area contributed by atoms with Crippen LogP contribution in [0.2, 0.25) is 0 Å². The summed E-state index contributed by atoms with van der Waals surface area (Å²) < 4.78 is 4.70. The predicted octanol–water partition coefficient (Wildman–Crippen LogP) is -0.519. The van der Waals surface area contributed by atoms with Crippen LogP contribution in [0.3, 0.4) is 0 Å². The van der Waals surface area contributed by atoms with Gasteiger partial charge in [0.1, 0.15) is 0 Å². The van der Waals surface area contributed by atoms with E-state index in [1.807, 2.05) is 0 Å². The molecule has 0 saturated heterocycles. The quantitative estimate of drug-likeness (QED) is 0.499. The number of ether oxygens (including phenoxy) is 1. The van der Waals surface area contributed by atoms with Crippen LogP contribution in [0.1, 0.15) is 6.92 Å². The van der Waals surface area contributed by atoms with Crippen molar-refractivity contribution < 1.29 is 4.74 Å². The van der Waals surface area contributed by atoms with Gasteiger partial charge in [0.25, 0.3) is 5.43 Å². The molecule has 1 radical (unpaired) electrons. The Morgan fingerprint density at radius 3 is 2.56 bits per heavy atom. The summed E-state index contributed by atoms with van der Waals surface area (Å²) in [6.45, 7) is 2.14. The molecule has 0 amide bonds. The molecule has 9 heavy (non-hydrogen) atoms. The second-order valence-corrected chi connectivity index (χ2v) is 1.55. The van der Waals surface area contributed by atoms with Crippen LogP contribution in [0.25, 0.3) is 0 Å². The maximum absolute atomic E-state index is 10.4. The molecule has 0 spiro atoms. The van der Waals surface area contributed by atoms with Gasteiger partial charge in [-0.25, -0.2) is 0 Å². The molecule has 0 aromatic heterocycles. The van der Waals surface area contributed by atoms with Gasteiger partial charge in [0.05, 0.1) is 12.7 Å². The van der Waals surface area contributed by atoms with Gasteiger partial charge in [0.15, 0.2) is 5.75 Å². The van der Waals surface area contributed by atoms with Crippen molar-refractivity contribution in [2.75, 3.05) is 6.61 Å². The van der Waals surface area contributed by atoms with E-state index < -0.39 is 10.9 Å². The van der Waals surface area contributed by atoms with Crippen molar-refractivity contribution in [3.05, 3.63) is 26.5 Å². The highest BCUT2D eigenvalue weighted by molar-refractivity contribution is 5.24. The van der Waals surface area contributed by atoms with Gasteiger partial charge in [0.2, 0.25) is 5.43 Å². The third-order valence-corrected chi connectivity index (χ3v) is 0.928. The molecule has 0 N–H and O–H groups in total. The lowest BCUT2D eigenvalue weighted by atomic mass is 10.3. The van der Waals surface area contributed by atoms with Crippen LogP contribution in [0.5, 0.6) is 5.75 Å². The number of hydrogen-bond donors (Lipinski definition) is 0. The minimum Gasteiger partial charge on any atom is -0.489 e. The van der Waals surface area contributed by atoms with E-state index in [4.69, 9.17) is 4.74 Å². The van der Waals surface area contributed by atoms with E-state index in [1.54, 1.807) is 6.92 Å². The topological polar surface area (TPSA) is 43.4 Å². The van der Waals surface area contributed by atoms with Gasteiger partial charge in [-0.2, -0.15) is 0 Å². The normalized spacial score (nSPS) is 9.89. The molecule has 0 aliphatic carbocycles. The molecule has 3 nitrogen and oxygen atoms in total. The number of hydrogen-bond acceptors (Lipinski definition) is 3. The summed E-state index contributed by atoms with van der Waals surface area (Å²) in [5.41, 5.74) is -1.14. The fourth-order valence-electron chi connectivity index (χ4n) is 0.503. The fourth-order valence-corrected chi connectivity index (χ4v) is 0.503. The average Bonchev–Trinajstić information content (AvgIpc) is 1.88. The zero-order chi connectivity index (χ0) is 6.85. The van der Waals surface area contributed by atoms with Crippen LogP contribution in [-0.2, 0) is 0 Å². The molecule has 1 aromatic rings. The minimum atomic E-state index is -0.585. The van der Waals surface area contributed by atoms with Crippen molar-refractivity contribution in [2.45, 2.75) is 6.92 Å². The summed E-state index contributed by atoms with van der Waals surface area (Å²) in [5.74, 6) is 0.0718. The summed E-state index contributed by atoms with van der Waals surface area (Å²) in [4.78, 5) is 20.5. The van der Waals surface area contributed by atoms with Crippen LogP contribution < -0.4 is 15.6 Å². The van der Waals surface area contributed by atoms with Crippen molar-refractivity contribution in [1.82, 2.24) is 0 Å². The predicted molar refractivity (Wildman–Crippen MR) is 31.4 cm³/mol. The van der Waals surface area contributed by atoms with Gasteiger partial charge < -0.3 is 4.74 Å². The van der Waals surface area contributed by atoms with Gasteiger partial charge in [-0.05, 0) is 6.92 Å². The molecular weight excluding hydrogens is 120 g/mol. The van der Waals surface area contributed by atoms with Gasteiger partial charge in [0, 0.05) is 0 Å². The molecular formula is C6H5O3. The van der Waals surface area contributed by atoms with Gasteiger partial charge >= 0.3 is 0 Å². The molecule has 0 fully saturated rings. The van der Waals surface area contributed by atoms with E-state index in [9.17, 15) is 9.59 Å². The first-order chi connectivity index (χ1) is 4.25. The summed E-state index contributed by atoms with van der Waals surface area (Å²) >= 11 is 0. The molecule has 0 unspecified atom stereocenters. The van der Waals surface area contributed by atoms with E-state index in [2.05, 4.69) is 6.07 Å². The first-order valence-electron chi connectivity index (χ1n) is 2.61. The van der Waals surface area contributed by atoms with Crippen molar-refractivity contribution in [1.29, 1.82) is 0 Å². The highest BCUT2D eigenvalue weighted by Crippen LogP contribution is 1.95. The van der Waals surface area contributed by atoms with E-state index >= 15 is 0 Å². The van der Waals surface area contributed by atoms with Crippen molar-refractivity contribution in [2.24, 2.45) is 0 Å². The first kappa shape index (κ1) is 6.01. The first-order valence-corrected chi connectivity index (χ1v) is 2.61. The van der Waals surface area contributed by atoms with E-state index in [1.165, 1.54) is 0 Å². The Kier molecular flexibility index (Phi) is 1.34.